The Hall–Kier alpha value is -1.51. The number of fused-ring (bicyclic) bond motifs is 1. The highest BCUT2D eigenvalue weighted by Crippen LogP contribution is 2.39. The Kier molecular flexibility index (Phi) is 1.95. The van der Waals surface area contributed by atoms with Gasteiger partial charge in [0.2, 0.25) is 0 Å². The lowest BCUT2D eigenvalue weighted by molar-refractivity contribution is 0.978. The van der Waals surface area contributed by atoms with E-state index in [9.17, 15) is 0 Å². The molecule has 2 rings (SSSR count). The van der Waals surface area contributed by atoms with Crippen LogP contribution < -0.4 is 10.2 Å². The van der Waals surface area contributed by atoms with Crippen molar-refractivity contribution >= 4 is 11.4 Å². The fourth-order valence-corrected chi connectivity index (χ4v) is 1.87. The number of aryl methyl sites for hydroxylation is 2. The van der Waals surface area contributed by atoms with Gasteiger partial charge in [-0.15, -0.1) is 0 Å². The lowest BCUT2D eigenvalue weighted by atomic mass is 10.2. The van der Waals surface area contributed by atoms with Crippen LogP contribution in [-0.2, 0) is 0 Å². The summed E-state index contributed by atoms with van der Waals surface area (Å²) in [5.41, 5.74) is 4.56. The molecule has 1 aliphatic rings. The Bertz CT molecular complexity index is 396. The zero-order chi connectivity index (χ0) is 10.3. The molecule has 0 amide bonds. The van der Waals surface area contributed by atoms with Crippen LogP contribution in [0, 0.1) is 13.8 Å². The van der Waals surface area contributed by atoms with E-state index in [2.05, 4.69) is 35.6 Å². The molecule has 1 aromatic heterocycles. The molecule has 14 heavy (non-hydrogen) atoms. The molecule has 74 valence electrons. The van der Waals surface area contributed by atoms with Gasteiger partial charge in [-0.05, 0) is 26.3 Å². The minimum absolute atomic E-state index is 0.921. The standard InChI is InChI=1S/C11H15N3/c1-5-14-9(4)13-10-7(2)6-12-8(3)11(10)14/h6,13H,4-5H2,1-3H3. The number of aromatic nitrogens is 1. The van der Waals surface area contributed by atoms with Crippen molar-refractivity contribution in [2.24, 2.45) is 0 Å². The van der Waals surface area contributed by atoms with Crippen molar-refractivity contribution in [3.8, 4) is 0 Å². The van der Waals surface area contributed by atoms with Crippen molar-refractivity contribution in [1.29, 1.82) is 0 Å². The van der Waals surface area contributed by atoms with Crippen molar-refractivity contribution < 1.29 is 0 Å². The third-order valence-corrected chi connectivity index (χ3v) is 2.61. The van der Waals surface area contributed by atoms with Gasteiger partial charge in [-0.25, -0.2) is 0 Å². The fraction of sp³-hybridized carbons (Fsp3) is 0.364. The highest BCUT2D eigenvalue weighted by molar-refractivity contribution is 5.84. The molecule has 3 heteroatoms. The van der Waals surface area contributed by atoms with Crippen LogP contribution in [0.25, 0.3) is 0 Å². The summed E-state index contributed by atoms with van der Waals surface area (Å²) in [6.45, 7) is 11.1. The van der Waals surface area contributed by atoms with Crippen LogP contribution in [0.4, 0.5) is 11.4 Å². The Balaban J connectivity index is 2.62. The van der Waals surface area contributed by atoms with Crippen molar-refractivity contribution in [2.45, 2.75) is 20.8 Å². The molecule has 0 bridgehead atoms. The van der Waals surface area contributed by atoms with E-state index in [4.69, 9.17) is 0 Å². The number of nitrogens with one attached hydrogen (secondary N) is 1. The average Bonchev–Trinajstić information content (AvgIpc) is 2.50. The molecule has 0 atom stereocenters. The summed E-state index contributed by atoms with van der Waals surface area (Å²) < 4.78 is 0. The second-order valence-corrected chi connectivity index (χ2v) is 3.57. The predicted molar refractivity (Wildman–Crippen MR) is 59.5 cm³/mol. The monoisotopic (exact) mass is 189 g/mol. The number of anilines is 2. The van der Waals surface area contributed by atoms with Gasteiger partial charge in [-0.3, -0.25) is 4.98 Å². The van der Waals surface area contributed by atoms with Crippen LogP contribution in [0.2, 0.25) is 0 Å². The number of nitrogens with zero attached hydrogens (tertiary/aromatic N) is 2. The van der Waals surface area contributed by atoms with E-state index < -0.39 is 0 Å². The Labute approximate surface area is 84.5 Å². The smallest absolute Gasteiger partial charge is 0.103 e. The molecule has 0 aromatic carbocycles. The van der Waals surface area contributed by atoms with E-state index in [-0.39, 0.29) is 0 Å². The van der Waals surface area contributed by atoms with E-state index >= 15 is 0 Å². The van der Waals surface area contributed by atoms with Gasteiger partial charge in [-0.2, -0.15) is 0 Å². The molecule has 1 aromatic rings. The van der Waals surface area contributed by atoms with Gasteiger partial charge in [0.25, 0.3) is 0 Å². The molecular formula is C11H15N3. The number of rotatable bonds is 1. The fourth-order valence-electron chi connectivity index (χ4n) is 1.87. The first-order valence-corrected chi connectivity index (χ1v) is 4.84. The molecule has 0 spiro atoms. The number of hydrogen-bond acceptors (Lipinski definition) is 3. The maximum absolute atomic E-state index is 4.36. The van der Waals surface area contributed by atoms with Crippen LogP contribution in [0.15, 0.2) is 18.6 Å². The van der Waals surface area contributed by atoms with E-state index in [1.54, 1.807) is 0 Å². The van der Waals surface area contributed by atoms with Gasteiger partial charge in [0.15, 0.2) is 0 Å². The molecule has 0 fully saturated rings. The summed E-state index contributed by atoms with van der Waals surface area (Å²) in [4.78, 5) is 6.52. The summed E-state index contributed by atoms with van der Waals surface area (Å²) >= 11 is 0. The first kappa shape index (κ1) is 9.06. The topological polar surface area (TPSA) is 28.2 Å². The Morgan fingerprint density at radius 2 is 2.21 bits per heavy atom. The minimum atomic E-state index is 0.921. The highest BCUT2D eigenvalue weighted by Gasteiger charge is 2.24. The van der Waals surface area contributed by atoms with Crippen molar-refractivity contribution in [1.82, 2.24) is 4.98 Å². The molecule has 1 aliphatic heterocycles. The molecule has 2 heterocycles. The molecule has 0 saturated carbocycles. The van der Waals surface area contributed by atoms with Gasteiger partial charge >= 0.3 is 0 Å². The van der Waals surface area contributed by atoms with E-state index in [1.807, 2.05) is 13.1 Å². The summed E-state index contributed by atoms with van der Waals surface area (Å²) in [6, 6.07) is 0. The maximum atomic E-state index is 4.36. The summed E-state index contributed by atoms with van der Waals surface area (Å²) in [5, 5.41) is 3.30. The first-order chi connectivity index (χ1) is 6.65. The average molecular weight is 189 g/mol. The zero-order valence-electron chi connectivity index (χ0n) is 8.89. The summed E-state index contributed by atoms with van der Waals surface area (Å²) in [5.74, 6) is 0.946. The van der Waals surface area contributed by atoms with Crippen molar-refractivity contribution in [3.05, 3.63) is 29.9 Å². The number of pyridine rings is 1. The zero-order valence-corrected chi connectivity index (χ0v) is 8.89. The molecule has 0 aliphatic carbocycles. The molecule has 3 nitrogen and oxygen atoms in total. The van der Waals surface area contributed by atoms with Crippen molar-refractivity contribution in [3.63, 3.8) is 0 Å². The third kappa shape index (κ3) is 1.09. The van der Waals surface area contributed by atoms with E-state index in [0.29, 0.717) is 0 Å². The van der Waals surface area contributed by atoms with Crippen molar-refractivity contribution in [2.75, 3.05) is 16.8 Å². The van der Waals surface area contributed by atoms with Gasteiger partial charge in [0.1, 0.15) is 5.82 Å². The minimum Gasteiger partial charge on any atom is -0.340 e. The largest absolute Gasteiger partial charge is 0.340 e. The van der Waals surface area contributed by atoms with Gasteiger partial charge in [0, 0.05) is 12.7 Å². The Morgan fingerprint density at radius 1 is 1.50 bits per heavy atom. The quantitative estimate of drug-likeness (QED) is 0.735. The normalized spacial score (nSPS) is 14.2. The molecular weight excluding hydrogens is 174 g/mol. The van der Waals surface area contributed by atoms with E-state index in [0.717, 1.165) is 23.7 Å². The van der Waals surface area contributed by atoms with Crippen LogP contribution in [-0.4, -0.2) is 11.5 Å². The summed E-state index contributed by atoms with van der Waals surface area (Å²) in [6.07, 6.45) is 1.90. The lowest BCUT2D eigenvalue weighted by Crippen LogP contribution is -2.19. The molecule has 0 saturated heterocycles. The van der Waals surface area contributed by atoms with Crippen LogP contribution in [0.1, 0.15) is 18.2 Å². The second-order valence-electron chi connectivity index (χ2n) is 3.57. The van der Waals surface area contributed by atoms with Gasteiger partial charge in [0.05, 0.1) is 17.1 Å². The molecule has 0 unspecified atom stereocenters. The summed E-state index contributed by atoms with van der Waals surface area (Å²) in [7, 11) is 0. The second kappa shape index (κ2) is 3.01. The number of hydrogen-bond donors (Lipinski definition) is 1. The van der Waals surface area contributed by atoms with Gasteiger partial charge in [-0.1, -0.05) is 6.58 Å². The first-order valence-electron chi connectivity index (χ1n) is 4.84. The SMILES string of the molecule is C=C1Nc2c(C)cnc(C)c2N1CC. The molecule has 0 radical (unpaired) electrons. The van der Waals surface area contributed by atoms with Crippen LogP contribution in [0.5, 0.6) is 0 Å². The van der Waals surface area contributed by atoms with E-state index in [1.165, 1.54) is 11.3 Å². The maximum Gasteiger partial charge on any atom is 0.103 e. The third-order valence-electron chi connectivity index (χ3n) is 2.61. The molecule has 1 N–H and O–H groups in total. The predicted octanol–water partition coefficient (Wildman–Crippen LogP) is 2.42. The van der Waals surface area contributed by atoms with Crippen LogP contribution in [0.3, 0.4) is 0 Å². The Morgan fingerprint density at radius 3 is 2.86 bits per heavy atom. The van der Waals surface area contributed by atoms with Gasteiger partial charge < -0.3 is 10.2 Å². The van der Waals surface area contributed by atoms with Crippen LogP contribution >= 0.6 is 0 Å². The highest BCUT2D eigenvalue weighted by atomic mass is 15.3. The lowest BCUT2D eigenvalue weighted by Gasteiger charge is -2.17.